The van der Waals surface area contributed by atoms with Crippen molar-refractivity contribution in [2.45, 2.75) is 37.2 Å². The summed E-state index contributed by atoms with van der Waals surface area (Å²) in [5, 5.41) is 12.0. The van der Waals surface area contributed by atoms with E-state index in [0.717, 1.165) is 29.2 Å². The average molecular weight is 463 g/mol. The number of amides is 1. The summed E-state index contributed by atoms with van der Waals surface area (Å²) in [6.45, 7) is 4.41. The highest BCUT2D eigenvalue weighted by Crippen LogP contribution is 2.30. The van der Waals surface area contributed by atoms with E-state index in [1.165, 1.54) is 17.3 Å². The number of hydrogen-bond donors (Lipinski definition) is 1. The van der Waals surface area contributed by atoms with Gasteiger partial charge in [0.2, 0.25) is 5.91 Å². The van der Waals surface area contributed by atoms with Gasteiger partial charge in [0.25, 0.3) is 0 Å². The van der Waals surface area contributed by atoms with E-state index >= 15 is 0 Å². The van der Waals surface area contributed by atoms with Gasteiger partial charge in [-0.3, -0.25) is 9.36 Å². The van der Waals surface area contributed by atoms with E-state index in [4.69, 9.17) is 9.15 Å². The summed E-state index contributed by atoms with van der Waals surface area (Å²) in [4.78, 5) is 12.8. The van der Waals surface area contributed by atoms with Crippen molar-refractivity contribution < 1.29 is 13.9 Å². The Morgan fingerprint density at radius 3 is 2.67 bits per heavy atom. The molecule has 0 aliphatic rings. The highest BCUT2D eigenvalue weighted by Gasteiger charge is 2.22. The van der Waals surface area contributed by atoms with Crippen LogP contribution in [0.3, 0.4) is 0 Å². The van der Waals surface area contributed by atoms with Gasteiger partial charge in [0.1, 0.15) is 11.5 Å². The molecule has 0 saturated heterocycles. The molecule has 1 N–H and O–H groups in total. The molecule has 0 bridgehead atoms. The van der Waals surface area contributed by atoms with Crippen LogP contribution in [0.1, 0.15) is 25.2 Å². The normalized spacial score (nSPS) is 11.8. The van der Waals surface area contributed by atoms with Crippen molar-refractivity contribution in [2.24, 2.45) is 0 Å². The molecule has 0 aliphatic heterocycles. The van der Waals surface area contributed by atoms with Gasteiger partial charge in [-0.1, -0.05) is 43.0 Å². The predicted octanol–water partition coefficient (Wildman–Crippen LogP) is 5.28. The summed E-state index contributed by atoms with van der Waals surface area (Å²) < 4.78 is 12.9. The number of nitrogens with one attached hydrogen (secondary N) is 1. The quantitative estimate of drug-likeness (QED) is 0.341. The Morgan fingerprint density at radius 2 is 1.97 bits per heavy atom. The van der Waals surface area contributed by atoms with Gasteiger partial charge in [-0.05, 0) is 55.3 Å². The fraction of sp³-hybridized carbons (Fsp3) is 0.240. The van der Waals surface area contributed by atoms with E-state index in [1.54, 1.807) is 13.4 Å². The number of anilines is 1. The summed E-state index contributed by atoms with van der Waals surface area (Å²) in [5.41, 5.74) is 2.87. The number of aryl methyl sites for hydroxylation is 1. The Hall–Kier alpha value is -3.52. The zero-order valence-corrected chi connectivity index (χ0v) is 19.6. The number of carbonyl (C=O) groups is 1. The van der Waals surface area contributed by atoms with E-state index in [1.807, 2.05) is 72.2 Å². The van der Waals surface area contributed by atoms with E-state index in [0.29, 0.717) is 17.5 Å². The van der Waals surface area contributed by atoms with E-state index in [2.05, 4.69) is 22.4 Å². The van der Waals surface area contributed by atoms with E-state index in [-0.39, 0.29) is 11.2 Å². The first kappa shape index (κ1) is 22.7. The molecule has 0 radical (unpaired) electrons. The third-order valence-corrected chi connectivity index (χ3v) is 6.30. The zero-order chi connectivity index (χ0) is 23.2. The highest BCUT2D eigenvalue weighted by molar-refractivity contribution is 8.00. The summed E-state index contributed by atoms with van der Waals surface area (Å²) in [6, 6.07) is 19.3. The second-order valence-electron chi connectivity index (χ2n) is 7.50. The lowest BCUT2D eigenvalue weighted by molar-refractivity contribution is -0.115. The van der Waals surface area contributed by atoms with Crippen molar-refractivity contribution in [1.82, 2.24) is 14.8 Å². The molecule has 0 saturated carbocycles. The van der Waals surface area contributed by atoms with Gasteiger partial charge in [0, 0.05) is 11.3 Å². The molecule has 2 heterocycles. The third kappa shape index (κ3) is 5.46. The summed E-state index contributed by atoms with van der Waals surface area (Å²) >= 11 is 1.36. The number of furan rings is 1. The van der Waals surface area contributed by atoms with Crippen LogP contribution in [0.4, 0.5) is 5.69 Å². The monoisotopic (exact) mass is 462 g/mol. The molecule has 0 spiro atoms. The largest absolute Gasteiger partial charge is 0.497 e. The number of thioether (sulfide) groups is 1. The second kappa shape index (κ2) is 10.4. The Morgan fingerprint density at radius 1 is 1.15 bits per heavy atom. The fourth-order valence-corrected chi connectivity index (χ4v) is 4.18. The van der Waals surface area contributed by atoms with Crippen LogP contribution in [0.15, 0.2) is 76.5 Å². The third-order valence-electron chi connectivity index (χ3n) is 5.22. The van der Waals surface area contributed by atoms with Crippen LogP contribution < -0.4 is 10.1 Å². The van der Waals surface area contributed by atoms with Crippen LogP contribution in [-0.4, -0.2) is 33.0 Å². The molecule has 4 rings (SSSR count). The average Bonchev–Trinajstić information content (AvgIpc) is 3.50. The molecular weight excluding hydrogens is 436 g/mol. The molecule has 4 aromatic rings. The van der Waals surface area contributed by atoms with Crippen molar-refractivity contribution >= 4 is 23.4 Å². The number of methoxy groups -OCH3 is 1. The topological polar surface area (TPSA) is 82.2 Å². The highest BCUT2D eigenvalue weighted by atomic mass is 32.2. The lowest BCUT2D eigenvalue weighted by Gasteiger charge is -2.14. The van der Waals surface area contributed by atoms with Crippen molar-refractivity contribution in [3.8, 4) is 17.1 Å². The van der Waals surface area contributed by atoms with Crippen molar-refractivity contribution in [1.29, 1.82) is 0 Å². The molecule has 1 amide bonds. The Kier molecular flexibility index (Phi) is 7.14. The number of aromatic nitrogens is 3. The van der Waals surface area contributed by atoms with Crippen LogP contribution in [0, 0.1) is 0 Å². The predicted molar refractivity (Wildman–Crippen MR) is 130 cm³/mol. The van der Waals surface area contributed by atoms with Gasteiger partial charge in [-0.2, -0.15) is 0 Å². The summed E-state index contributed by atoms with van der Waals surface area (Å²) in [7, 11) is 1.63. The van der Waals surface area contributed by atoms with Crippen LogP contribution in [0.25, 0.3) is 11.4 Å². The summed E-state index contributed by atoms with van der Waals surface area (Å²) in [5.74, 6) is 2.08. The smallest absolute Gasteiger partial charge is 0.237 e. The molecule has 170 valence electrons. The second-order valence-corrected chi connectivity index (χ2v) is 8.81. The maximum atomic E-state index is 12.8. The summed E-state index contributed by atoms with van der Waals surface area (Å²) in [6.07, 6.45) is 2.60. The molecule has 1 atom stereocenters. The standard InChI is InChI=1S/C25H26N4O3S/c1-4-18-10-12-20(13-11-18)26-24(30)17(2)33-25-28-27-23(19-7-5-8-21(15-19)31-3)29(25)16-22-9-6-14-32-22/h5-15,17H,4,16H2,1-3H3,(H,26,30). The Balaban J connectivity index is 1.56. The molecular formula is C25H26N4O3S. The number of hydrogen-bond acceptors (Lipinski definition) is 6. The molecule has 1 unspecified atom stereocenters. The molecule has 33 heavy (non-hydrogen) atoms. The van der Waals surface area contributed by atoms with Gasteiger partial charge in [0.05, 0.1) is 25.2 Å². The first-order chi connectivity index (χ1) is 16.1. The van der Waals surface area contributed by atoms with Crippen molar-refractivity contribution in [2.75, 3.05) is 12.4 Å². The molecule has 8 heteroatoms. The lowest BCUT2D eigenvalue weighted by Crippen LogP contribution is -2.23. The number of carbonyl (C=O) groups excluding carboxylic acids is 1. The maximum absolute atomic E-state index is 12.8. The molecule has 7 nitrogen and oxygen atoms in total. The molecule has 0 fully saturated rings. The minimum atomic E-state index is -0.381. The van der Waals surface area contributed by atoms with E-state index in [9.17, 15) is 4.79 Å². The van der Waals surface area contributed by atoms with Crippen LogP contribution in [0.5, 0.6) is 5.75 Å². The van der Waals surface area contributed by atoms with Gasteiger partial charge >= 0.3 is 0 Å². The van der Waals surface area contributed by atoms with E-state index < -0.39 is 0 Å². The van der Waals surface area contributed by atoms with Crippen LogP contribution >= 0.6 is 11.8 Å². The van der Waals surface area contributed by atoms with Crippen LogP contribution in [0.2, 0.25) is 0 Å². The minimum absolute atomic E-state index is 0.0975. The molecule has 2 aromatic heterocycles. The number of ether oxygens (including phenoxy) is 1. The van der Waals surface area contributed by atoms with Gasteiger partial charge < -0.3 is 14.5 Å². The van der Waals surface area contributed by atoms with Crippen molar-refractivity contribution in [3.05, 3.63) is 78.3 Å². The van der Waals surface area contributed by atoms with Gasteiger partial charge in [-0.15, -0.1) is 10.2 Å². The van der Waals surface area contributed by atoms with Crippen molar-refractivity contribution in [3.63, 3.8) is 0 Å². The first-order valence-corrected chi connectivity index (χ1v) is 11.6. The first-order valence-electron chi connectivity index (χ1n) is 10.7. The maximum Gasteiger partial charge on any atom is 0.237 e. The lowest BCUT2D eigenvalue weighted by atomic mass is 10.1. The Bertz CT molecular complexity index is 1200. The zero-order valence-electron chi connectivity index (χ0n) is 18.8. The van der Waals surface area contributed by atoms with Gasteiger partial charge in [0.15, 0.2) is 11.0 Å². The number of benzene rings is 2. The number of nitrogens with zero attached hydrogens (tertiary/aromatic N) is 3. The van der Waals surface area contributed by atoms with Crippen LogP contribution in [-0.2, 0) is 17.8 Å². The molecule has 0 aliphatic carbocycles. The van der Waals surface area contributed by atoms with Gasteiger partial charge in [-0.25, -0.2) is 0 Å². The molecule has 2 aromatic carbocycles. The number of rotatable bonds is 9. The minimum Gasteiger partial charge on any atom is -0.497 e. The Labute approximate surface area is 197 Å². The SMILES string of the molecule is CCc1ccc(NC(=O)C(C)Sc2nnc(-c3cccc(OC)c3)n2Cc2ccco2)cc1. The fourth-order valence-electron chi connectivity index (χ4n) is 3.33.